The molecule has 8 bridgehead atoms. The summed E-state index contributed by atoms with van der Waals surface area (Å²) in [5.74, 6) is 1.22. The zero-order valence-electron chi connectivity index (χ0n) is 45.1. The highest BCUT2D eigenvalue weighted by molar-refractivity contribution is 6.00. The van der Waals surface area contributed by atoms with E-state index in [1.54, 1.807) is 38.1 Å². The number of aromatic nitrogens is 8. The third kappa shape index (κ3) is 10.2. The largest absolute Gasteiger partial charge is 0.508 e. The summed E-state index contributed by atoms with van der Waals surface area (Å²) >= 11 is 0. The average molecular weight is 1130 g/mol. The fourth-order valence-corrected chi connectivity index (χ4v) is 11.1. The molecular formula is C64H54N8O12. The molecule has 9 aromatic rings. The number of aliphatic hydroxyl groups excluding tert-OH is 2. The van der Waals surface area contributed by atoms with Gasteiger partial charge in [0.2, 0.25) is 0 Å². The van der Waals surface area contributed by atoms with E-state index in [1.165, 1.54) is 21.5 Å². The van der Waals surface area contributed by atoms with Crippen LogP contribution in [0, 0.1) is 13.8 Å². The monoisotopic (exact) mass is 1130 g/mol. The highest BCUT2D eigenvalue weighted by atomic mass is 16.6. The van der Waals surface area contributed by atoms with Crippen molar-refractivity contribution in [2.24, 2.45) is 0 Å². The maximum atomic E-state index is 12.6. The Labute approximate surface area is 476 Å². The number of aromatic hydroxyl groups is 2. The summed E-state index contributed by atoms with van der Waals surface area (Å²) in [6.45, 7) is 3.14. The second kappa shape index (κ2) is 21.7. The van der Waals surface area contributed by atoms with E-state index >= 15 is 0 Å². The molecule has 20 heteroatoms. The van der Waals surface area contributed by atoms with Crippen LogP contribution in [0.25, 0.3) is 90.9 Å². The van der Waals surface area contributed by atoms with Gasteiger partial charge in [-0.25, -0.2) is 19.6 Å². The van der Waals surface area contributed by atoms with Gasteiger partial charge in [0.15, 0.2) is 0 Å². The number of H-pyrrole nitrogens is 4. The normalized spacial score (nSPS) is 19.0. The Kier molecular flexibility index (Phi) is 13.7. The van der Waals surface area contributed by atoms with Crippen molar-refractivity contribution in [3.8, 4) is 67.5 Å². The highest BCUT2D eigenvalue weighted by Crippen LogP contribution is 2.40. The molecule has 0 radical (unpaired) electrons. The molecule has 0 aliphatic carbocycles. The minimum atomic E-state index is -0.943. The molecule has 13 rings (SSSR count). The van der Waals surface area contributed by atoms with E-state index in [4.69, 9.17) is 28.9 Å². The fourth-order valence-electron chi connectivity index (χ4n) is 11.1. The number of aryl methyl sites for hydroxylation is 2. The van der Waals surface area contributed by atoms with Gasteiger partial charge in [0, 0.05) is 80.7 Å². The van der Waals surface area contributed by atoms with Gasteiger partial charge in [-0.1, -0.05) is 48.5 Å². The van der Waals surface area contributed by atoms with Crippen LogP contribution in [0.3, 0.4) is 0 Å². The van der Waals surface area contributed by atoms with E-state index in [0.29, 0.717) is 45.4 Å². The third-order valence-corrected chi connectivity index (χ3v) is 15.5. The number of nitrogens with zero attached hydrogens (tertiary/aromatic N) is 4. The third-order valence-electron chi connectivity index (χ3n) is 15.5. The first-order valence-electron chi connectivity index (χ1n) is 27.2. The van der Waals surface area contributed by atoms with Crippen molar-refractivity contribution in [1.82, 2.24) is 39.0 Å². The van der Waals surface area contributed by atoms with E-state index in [0.717, 1.165) is 66.6 Å². The van der Waals surface area contributed by atoms with Crippen molar-refractivity contribution in [3.05, 3.63) is 209 Å². The molecule has 8 N–H and O–H groups in total. The Balaban J connectivity index is 0.908. The summed E-state index contributed by atoms with van der Waals surface area (Å²) < 4.78 is 27.1. The molecule has 0 spiro atoms. The molecule has 6 atom stereocenters. The van der Waals surface area contributed by atoms with Crippen molar-refractivity contribution < 1.29 is 39.4 Å². The lowest BCUT2D eigenvalue weighted by Crippen LogP contribution is -2.33. The summed E-state index contributed by atoms with van der Waals surface area (Å²) in [7, 11) is 0. The van der Waals surface area contributed by atoms with Crippen molar-refractivity contribution in [2.75, 3.05) is 13.2 Å². The first-order valence-corrected chi connectivity index (χ1v) is 27.2. The van der Waals surface area contributed by atoms with Crippen molar-refractivity contribution in [1.29, 1.82) is 0 Å². The molecule has 4 aromatic carbocycles. The maximum absolute atomic E-state index is 12.6. The molecule has 84 heavy (non-hydrogen) atoms. The fraction of sp³-hybridized carbons (Fsp3) is 0.188. The van der Waals surface area contributed by atoms with E-state index in [9.17, 15) is 39.6 Å². The number of fused-ring (bicyclic) bond motifs is 8. The standard InChI is InChI=1S/C64H54N8O12/c1-33-29-71(63(79)69-61(33)77)55-27-51(75)53(83-55)31-81-41-15-7-37(8-16-41)59-47-23-21-45(66-47)57(35-3-11-39(73)12-4-35)43-19-20-44(65-43)58(36-5-13-40(74)14-6-36)46-22-24-48(67-46)60(50-26-25-49(59)68-50)38-9-17-42(18-10-38)82-32-54-52(76)28-56(84-54)72-30-34(2)62(78)70-64(72)80/h3-26,29-30,51-56,66-67,73-76H,27-28,31-32H2,1-2H3,(H,69,77,79)(H,70,78,80)/t51-,52-,53+,54+,55+,56+/m0/s1. The van der Waals surface area contributed by atoms with Gasteiger partial charge in [-0.05, 0) is 133 Å². The van der Waals surface area contributed by atoms with Gasteiger partial charge in [0.1, 0.15) is 60.9 Å². The Bertz CT molecular complexity index is 4250. The summed E-state index contributed by atoms with van der Waals surface area (Å²) in [6, 6.07) is 36.9. The van der Waals surface area contributed by atoms with Gasteiger partial charge < -0.3 is 49.3 Å². The molecular weight excluding hydrogens is 1070 g/mol. The van der Waals surface area contributed by atoms with Crippen LogP contribution in [-0.4, -0.2) is 97.1 Å². The lowest BCUT2D eigenvalue weighted by Gasteiger charge is -2.17. The van der Waals surface area contributed by atoms with Crippen LogP contribution in [0.1, 0.15) is 59.2 Å². The van der Waals surface area contributed by atoms with Crippen LogP contribution in [0.5, 0.6) is 23.0 Å². The number of aliphatic hydroxyl groups is 2. The Morgan fingerprint density at radius 3 is 1.10 bits per heavy atom. The summed E-state index contributed by atoms with van der Waals surface area (Å²) in [6.07, 6.45) is 5.92. The zero-order chi connectivity index (χ0) is 57.9. The molecule has 422 valence electrons. The van der Waals surface area contributed by atoms with E-state index in [1.807, 2.05) is 121 Å². The molecule has 0 saturated carbocycles. The number of hydrogen-bond acceptors (Lipinski definition) is 14. The van der Waals surface area contributed by atoms with Gasteiger partial charge in [0.05, 0.1) is 35.0 Å². The lowest BCUT2D eigenvalue weighted by atomic mass is 10.0. The van der Waals surface area contributed by atoms with E-state index in [-0.39, 0.29) is 37.6 Å². The Morgan fingerprint density at radius 1 is 0.464 bits per heavy atom. The summed E-state index contributed by atoms with van der Waals surface area (Å²) in [4.78, 5) is 72.1. The number of hydrogen-bond donors (Lipinski definition) is 8. The van der Waals surface area contributed by atoms with Crippen LogP contribution in [-0.2, 0) is 9.47 Å². The predicted octanol–water partition coefficient (Wildman–Crippen LogP) is 8.51. The van der Waals surface area contributed by atoms with E-state index in [2.05, 4.69) is 19.9 Å². The molecule has 0 amide bonds. The number of rotatable bonds is 12. The molecule has 2 fully saturated rings. The van der Waals surface area contributed by atoms with Crippen LogP contribution in [0.15, 0.2) is 153 Å². The summed E-state index contributed by atoms with van der Waals surface area (Å²) in [5, 5.41) is 42.8. The highest BCUT2D eigenvalue weighted by Gasteiger charge is 2.37. The first-order chi connectivity index (χ1) is 40.7. The van der Waals surface area contributed by atoms with Crippen molar-refractivity contribution in [2.45, 2.75) is 63.6 Å². The number of phenols is 2. The number of nitrogens with one attached hydrogen (secondary N) is 4. The van der Waals surface area contributed by atoms with Crippen LogP contribution >= 0.6 is 0 Å². The molecule has 9 heterocycles. The smallest absolute Gasteiger partial charge is 0.330 e. The van der Waals surface area contributed by atoms with Gasteiger partial charge in [0.25, 0.3) is 11.1 Å². The topological polar surface area (TPSA) is 285 Å². The van der Waals surface area contributed by atoms with Crippen LogP contribution in [0.4, 0.5) is 0 Å². The van der Waals surface area contributed by atoms with Gasteiger partial charge >= 0.3 is 11.4 Å². The minimum Gasteiger partial charge on any atom is -0.508 e. The molecule has 4 aliphatic heterocycles. The number of phenolic OH excluding ortho intramolecular Hbond substituents is 2. The van der Waals surface area contributed by atoms with Crippen LogP contribution < -0.4 is 32.0 Å². The second-order valence-corrected chi connectivity index (χ2v) is 21.1. The van der Waals surface area contributed by atoms with Crippen molar-refractivity contribution in [3.63, 3.8) is 0 Å². The van der Waals surface area contributed by atoms with Crippen LogP contribution in [0.2, 0.25) is 0 Å². The molecule has 0 unspecified atom stereocenters. The number of ether oxygens (including phenoxy) is 4. The van der Waals surface area contributed by atoms with E-state index < -0.39 is 59.4 Å². The van der Waals surface area contributed by atoms with Crippen molar-refractivity contribution >= 4 is 46.4 Å². The van der Waals surface area contributed by atoms with Gasteiger partial charge in [-0.2, -0.15) is 0 Å². The SMILES string of the molecule is Cc1cn([C@H]2C[C@H](O)[C@@H](COc3ccc(-c4c5nc(c(-c6ccc(OC[C@H]7O[C@@H](n8cc(C)c(=O)[nH]c8=O)C[C@@H]7O)cc6)c6ccc([nH]6)c(-c6ccc(O)cc6)c6nc(c(-c7ccc(O)cc7)c7ccc4[nH]7)C=C6)C=C5)cc3)O2)c(=O)[nH]c1=O. The predicted molar refractivity (Wildman–Crippen MR) is 316 cm³/mol. The molecule has 4 aliphatic rings. The molecule has 20 nitrogen and oxygen atoms in total. The molecule has 2 saturated heterocycles. The Hall–Kier alpha value is -10.1. The average Bonchev–Trinajstić information content (AvgIpc) is 2.65. The number of aromatic amines is 4. The molecule has 5 aromatic heterocycles. The number of benzene rings is 4. The maximum Gasteiger partial charge on any atom is 0.330 e. The van der Waals surface area contributed by atoms with Gasteiger partial charge in [-0.15, -0.1) is 0 Å². The first kappa shape index (κ1) is 53.2. The zero-order valence-corrected chi connectivity index (χ0v) is 45.1. The quantitative estimate of drug-likeness (QED) is 0.0569. The Morgan fingerprint density at radius 2 is 0.774 bits per heavy atom. The minimum absolute atomic E-state index is 0.0205. The second-order valence-electron chi connectivity index (χ2n) is 21.1. The van der Waals surface area contributed by atoms with Gasteiger partial charge in [-0.3, -0.25) is 28.7 Å². The summed E-state index contributed by atoms with van der Waals surface area (Å²) in [5.41, 5.74) is 10.1. The lowest BCUT2D eigenvalue weighted by molar-refractivity contribution is -0.0410.